The van der Waals surface area contributed by atoms with Crippen molar-refractivity contribution < 1.29 is 9.53 Å². The van der Waals surface area contributed by atoms with Crippen molar-refractivity contribution in [2.24, 2.45) is 5.92 Å². The van der Waals surface area contributed by atoms with Gasteiger partial charge in [0, 0.05) is 12.1 Å². The van der Waals surface area contributed by atoms with Gasteiger partial charge in [-0.15, -0.1) is 0 Å². The first-order valence-corrected chi connectivity index (χ1v) is 3.95. The van der Waals surface area contributed by atoms with Gasteiger partial charge in [0.15, 0.2) is 0 Å². The van der Waals surface area contributed by atoms with E-state index in [0.717, 1.165) is 6.42 Å². The summed E-state index contributed by atoms with van der Waals surface area (Å²) >= 11 is 4.03. The fourth-order valence-corrected chi connectivity index (χ4v) is 1.13. The zero-order valence-corrected chi connectivity index (χ0v) is 7.60. The van der Waals surface area contributed by atoms with Gasteiger partial charge in [0.05, 0.1) is 7.11 Å². The van der Waals surface area contributed by atoms with Crippen molar-refractivity contribution >= 4 is 24.8 Å². The van der Waals surface area contributed by atoms with Crippen molar-refractivity contribution in [2.75, 3.05) is 7.11 Å². The van der Waals surface area contributed by atoms with Gasteiger partial charge in [0.2, 0.25) is 0 Å². The van der Waals surface area contributed by atoms with E-state index in [1.807, 2.05) is 6.92 Å². The molecule has 0 spiro atoms. The predicted octanol–water partition coefficient (Wildman–Crippen LogP) is 1.13. The smallest absolute Gasteiger partial charge is 0.319 e. The quantitative estimate of drug-likeness (QED) is 0.382. The number of hydrogen-bond donors (Lipinski definition) is 2. The molecule has 0 heterocycles. The summed E-state index contributed by atoms with van der Waals surface area (Å²) in [5.41, 5.74) is 0. The largest absolute Gasteiger partial charge is 0.468 e. The third-order valence-corrected chi connectivity index (χ3v) is 2.13. The zero-order chi connectivity index (χ0) is 8.85. The van der Waals surface area contributed by atoms with Gasteiger partial charge >= 0.3 is 5.97 Å². The molecule has 0 aliphatic heterocycles. The summed E-state index contributed by atoms with van der Waals surface area (Å²) in [5.74, 6) is -0.491. The second kappa shape index (κ2) is 5.18. The van der Waals surface area contributed by atoms with Gasteiger partial charge < -0.3 is 10.1 Å². The first kappa shape index (κ1) is 10.5. The lowest BCUT2D eigenvalue weighted by Crippen LogP contribution is -2.26. The Labute approximate surface area is 72.0 Å². The average Bonchev–Trinajstić information content (AvgIpc) is 2.05. The fourth-order valence-electron chi connectivity index (χ4n) is 0.728. The highest BCUT2D eigenvalue weighted by Gasteiger charge is 2.21. The summed E-state index contributed by atoms with van der Waals surface area (Å²) in [4.78, 5) is 10.9. The van der Waals surface area contributed by atoms with Gasteiger partial charge in [-0.05, 0) is 6.42 Å². The minimum absolute atomic E-state index is 0.120. The van der Waals surface area contributed by atoms with E-state index in [1.54, 1.807) is 0 Å². The summed E-state index contributed by atoms with van der Waals surface area (Å²) in [6, 6.07) is 0. The van der Waals surface area contributed by atoms with E-state index in [2.05, 4.69) is 17.4 Å². The maximum atomic E-state index is 10.9. The zero-order valence-electron chi connectivity index (χ0n) is 6.70. The van der Waals surface area contributed by atoms with Crippen LogP contribution in [0.3, 0.4) is 0 Å². The van der Waals surface area contributed by atoms with Crippen LogP contribution in [0.4, 0.5) is 0 Å². The van der Waals surface area contributed by atoms with E-state index < -0.39 is 5.25 Å². The second-order valence-corrected chi connectivity index (χ2v) is 2.76. The molecule has 0 amide bonds. The molecule has 4 heteroatoms. The van der Waals surface area contributed by atoms with Crippen LogP contribution in [0.25, 0.3) is 0 Å². The van der Waals surface area contributed by atoms with Gasteiger partial charge in [0.1, 0.15) is 5.25 Å². The van der Waals surface area contributed by atoms with Crippen LogP contribution < -0.4 is 0 Å². The number of carbonyl (C=O) groups is 1. The van der Waals surface area contributed by atoms with Crippen molar-refractivity contribution in [1.82, 2.24) is 0 Å². The molecule has 0 aromatic rings. The minimum Gasteiger partial charge on any atom is -0.468 e. The molecule has 0 saturated carbocycles. The molecule has 0 radical (unpaired) electrons. The molecular formula is C7H13NO2S. The predicted molar refractivity (Wildman–Crippen MR) is 47.4 cm³/mol. The highest BCUT2D eigenvalue weighted by atomic mass is 32.1. The minimum atomic E-state index is -0.498. The molecule has 0 rings (SSSR count). The normalized spacial score (nSPS) is 15.2. The Hall–Kier alpha value is -0.510. The first-order valence-electron chi connectivity index (χ1n) is 3.43. The van der Waals surface area contributed by atoms with Crippen LogP contribution in [-0.2, 0) is 9.53 Å². The summed E-state index contributed by atoms with van der Waals surface area (Å²) in [6.45, 7) is 1.90. The standard InChI is InChI=1S/C7H13NO2S/c1-3-5(4-8)6(11)7(9)10-2/h4-6,8,11H,3H2,1-2H3. The number of ether oxygens (including phenoxy) is 1. The monoisotopic (exact) mass is 175 g/mol. The van der Waals surface area contributed by atoms with Crippen LogP contribution in [0.1, 0.15) is 13.3 Å². The summed E-state index contributed by atoms with van der Waals surface area (Å²) in [7, 11) is 1.32. The maximum Gasteiger partial charge on any atom is 0.319 e. The molecule has 3 nitrogen and oxygen atoms in total. The first-order chi connectivity index (χ1) is 5.17. The summed E-state index contributed by atoms with van der Waals surface area (Å²) in [5, 5.41) is 6.48. The SMILES string of the molecule is CCC(C=N)C(S)C(=O)OC. The molecule has 0 fully saturated rings. The van der Waals surface area contributed by atoms with Crippen LogP contribution in [0, 0.1) is 11.3 Å². The average molecular weight is 175 g/mol. The van der Waals surface area contributed by atoms with Gasteiger partial charge in [-0.25, -0.2) is 0 Å². The Morgan fingerprint density at radius 3 is 2.64 bits per heavy atom. The number of thiol groups is 1. The Kier molecular flexibility index (Phi) is 4.94. The summed E-state index contributed by atoms with van der Waals surface area (Å²) in [6.07, 6.45) is 1.96. The fraction of sp³-hybridized carbons (Fsp3) is 0.714. The second-order valence-electron chi connectivity index (χ2n) is 2.21. The highest BCUT2D eigenvalue weighted by Crippen LogP contribution is 2.13. The van der Waals surface area contributed by atoms with Gasteiger partial charge in [-0.1, -0.05) is 6.92 Å². The molecule has 1 N–H and O–H groups in total. The van der Waals surface area contributed by atoms with Crippen molar-refractivity contribution in [3.05, 3.63) is 0 Å². The van der Waals surface area contributed by atoms with Gasteiger partial charge in [-0.2, -0.15) is 12.6 Å². The number of esters is 1. The van der Waals surface area contributed by atoms with Crippen LogP contribution in [0.15, 0.2) is 0 Å². The molecule has 0 aliphatic carbocycles. The lowest BCUT2D eigenvalue weighted by molar-refractivity contribution is -0.140. The molecule has 0 aromatic heterocycles. The lowest BCUT2D eigenvalue weighted by atomic mass is 10.0. The van der Waals surface area contributed by atoms with Crippen LogP contribution in [0.5, 0.6) is 0 Å². The van der Waals surface area contributed by atoms with Gasteiger partial charge in [0.25, 0.3) is 0 Å². The van der Waals surface area contributed by atoms with Crippen molar-refractivity contribution in [1.29, 1.82) is 5.41 Å². The topological polar surface area (TPSA) is 50.2 Å². The van der Waals surface area contributed by atoms with E-state index in [0.29, 0.717) is 0 Å². The molecule has 64 valence electrons. The molecule has 0 aromatic carbocycles. The van der Waals surface area contributed by atoms with E-state index in [1.165, 1.54) is 13.3 Å². The Balaban J connectivity index is 4.07. The van der Waals surface area contributed by atoms with E-state index in [4.69, 9.17) is 5.41 Å². The van der Waals surface area contributed by atoms with Crippen molar-refractivity contribution in [3.63, 3.8) is 0 Å². The number of carbonyl (C=O) groups excluding carboxylic acids is 1. The molecule has 0 saturated heterocycles. The highest BCUT2D eigenvalue weighted by molar-refractivity contribution is 7.81. The molecule has 2 unspecified atom stereocenters. The lowest BCUT2D eigenvalue weighted by Gasteiger charge is -2.14. The van der Waals surface area contributed by atoms with Crippen molar-refractivity contribution in [3.8, 4) is 0 Å². The third kappa shape index (κ3) is 2.93. The molecule has 11 heavy (non-hydrogen) atoms. The Morgan fingerprint density at radius 1 is 1.82 bits per heavy atom. The molecule has 0 bridgehead atoms. The van der Waals surface area contributed by atoms with E-state index in [9.17, 15) is 4.79 Å². The molecule has 0 aliphatic rings. The van der Waals surface area contributed by atoms with Crippen molar-refractivity contribution in [2.45, 2.75) is 18.6 Å². The molecular weight excluding hydrogens is 162 g/mol. The number of rotatable bonds is 4. The van der Waals surface area contributed by atoms with Crippen LogP contribution >= 0.6 is 12.6 Å². The van der Waals surface area contributed by atoms with E-state index >= 15 is 0 Å². The maximum absolute atomic E-state index is 10.9. The number of methoxy groups -OCH3 is 1. The van der Waals surface area contributed by atoms with Crippen LogP contribution in [-0.4, -0.2) is 24.5 Å². The molecule has 2 atom stereocenters. The Morgan fingerprint density at radius 2 is 2.36 bits per heavy atom. The van der Waals surface area contributed by atoms with E-state index in [-0.39, 0.29) is 11.9 Å². The Bertz CT molecular complexity index is 149. The van der Waals surface area contributed by atoms with Gasteiger partial charge in [-0.3, -0.25) is 4.79 Å². The van der Waals surface area contributed by atoms with Crippen LogP contribution in [0.2, 0.25) is 0 Å². The number of nitrogens with one attached hydrogen (secondary N) is 1. The number of hydrogen-bond acceptors (Lipinski definition) is 4. The third-order valence-electron chi connectivity index (χ3n) is 1.53. The summed E-state index contributed by atoms with van der Waals surface area (Å²) < 4.78 is 4.48.